The first-order valence-electron chi connectivity index (χ1n) is 6.77. The highest BCUT2D eigenvalue weighted by molar-refractivity contribution is 7.99. The quantitative estimate of drug-likeness (QED) is 0.792. The van der Waals surface area contributed by atoms with Crippen LogP contribution in [0.5, 0.6) is 0 Å². The van der Waals surface area contributed by atoms with Gasteiger partial charge < -0.3 is 4.74 Å². The monoisotopic (exact) mass is 248 g/mol. The molecule has 1 aliphatic heterocycles. The van der Waals surface area contributed by atoms with E-state index in [9.17, 15) is 0 Å². The van der Waals surface area contributed by atoms with Crippen LogP contribution in [0.15, 0.2) is 29.2 Å². The maximum atomic E-state index is 6.11. The molecule has 1 atom stereocenters. The third-order valence-electron chi connectivity index (χ3n) is 3.88. The lowest BCUT2D eigenvalue weighted by Gasteiger charge is -2.23. The van der Waals surface area contributed by atoms with Crippen molar-refractivity contribution < 1.29 is 4.74 Å². The first-order valence-corrected chi connectivity index (χ1v) is 7.75. The van der Waals surface area contributed by atoms with E-state index in [4.69, 9.17) is 4.74 Å². The molecule has 0 aromatic heterocycles. The normalized spacial score (nSPS) is 24.8. The second-order valence-corrected chi connectivity index (χ2v) is 6.20. The van der Waals surface area contributed by atoms with Gasteiger partial charge in [-0.2, -0.15) is 0 Å². The van der Waals surface area contributed by atoms with Gasteiger partial charge in [-0.05, 0) is 24.5 Å². The molecule has 1 aliphatic carbocycles. The number of hydrogen-bond acceptors (Lipinski definition) is 2. The largest absolute Gasteiger partial charge is 0.378 e. The number of rotatable bonds is 3. The molecule has 92 valence electrons. The summed E-state index contributed by atoms with van der Waals surface area (Å²) in [4.78, 5) is 1.46. The minimum Gasteiger partial charge on any atom is -0.378 e. The highest BCUT2D eigenvalue weighted by Gasteiger charge is 2.24. The van der Waals surface area contributed by atoms with Gasteiger partial charge in [0, 0.05) is 16.6 Å². The average molecular weight is 248 g/mol. The zero-order chi connectivity index (χ0) is 11.5. The summed E-state index contributed by atoms with van der Waals surface area (Å²) in [7, 11) is 0. The molecule has 0 spiro atoms. The van der Waals surface area contributed by atoms with Crippen LogP contribution in [0.25, 0.3) is 0 Å². The lowest BCUT2D eigenvalue weighted by atomic mass is 9.97. The summed E-state index contributed by atoms with van der Waals surface area (Å²) in [5.41, 5.74) is 1.51. The molecular weight excluding hydrogens is 228 g/mol. The second kappa shape index (κ2) is 5.45. The molecule has 1 fully saturated rings. The topological polar surface area (TPSA) is 9.23 Å². The Balaban J connectivity index is 1.56. The van der Waals surface area contributed by atoms with Crippen LogP contribution in [-0.2, 0) is 4.74 Å². The molecule has 0 amide bonds. The summed E-state index contributed by atoms with van der Waals surface area (Å²) in [6.07, 6.45) is 7.23. The Hall–Kier alpha value is -0.470. The van der Waals surface area contributed by atoms with Gasteiger partial charge in [-0.15, -0.1) is 11.8 Å². The Labute approximate surface area is 108 Å². The van der Waals surface area contributed by atoms with Gasteiger partial charge >= 0.3 is 0 Å². The lowest BCUT2D eigenvalue weighted by Crippen LogP contribution is -2.20. The highest BCUT2D eigenvalue weighted by Crippen LogP contribution is 2.39. The summed E-state index contributed by atoms with van der Waals surface area (Å²) < 4.78 is 6.11. The van der Waals surface area contributed by atoms with Crippen molar-refractivity contribution in [1.29, 1.82) is 0 Å². The summed E-state index contributed by atoms with van der Waals surface area (Å²) in [6.45, 7) is 0.925. The smallest absolute Gasteiger partial charge is 0.0575 e. The molecule has 1 unspecified atom stereocenters. The molecule has 2 aliphatic rings. The average Bonchev–Trinajstić information content (AvgIpc) is 2.81. The predicted octanol–water partition coefficient (Wildman–Crippen LogP) is 4.23. The summed E-state index contributed by atoms with van der Waals surface area (Å²) in [6, 6.07) is 8.79. The van der Waals surface area contributed by atoms with E-state index in [2.05, 4.69) is 24.3 Å². The van der Waals surface area contributed by atoms with E-state index in [1.165, 1.54) is 48.3 Å². The van der Waals surface area contributed by atoms with E-state index in [1.54, 1.807) is 0 Å². The molecule has 1 nitrogen and oxygen atoms in total. The van der Waals surface area contributed by atoms with Gasteiger partial charge in [-0.3, -0.25) is 0 Å². The van der Waals surface area contributed by atoms with Crippen molar-refractivity contribution in [3.63, 3.8) is 0 Å². The maximum Gasteiger partial charge on any atom is 0.0575 e. The van der Waals surface area contributed by atoms with Crippen LogP contribution in [0.1, 0.15) is 43.6 Å². The number of fused-ring (bicyclic) bond motifs is 1. The number of hydrogen-bond donors (Lipinski definition) is 0. The Morgan fingerprint density at radius 1 is 1.12 bits per heavy atom. The Morgan fingerprint density at radius 2 is 1.94 bits per heavy atom. The summed E-state index contributed by atoms with van der Waals surface area (Å²) in [5, 5.41) is 0. The SMILES string of the molecule is c1ccc2c(c1)SCC2COC1CCCCC1. The molecule has 17 heavy (non-hydrogen) atoms. The van der Waals surface area contributed by atoms with Gasteiger partial charge in [0.25, 0.3) is 0 Å². The summed E-state index contributed by atoms with van der Waals surface area (Å²) >= 11 is 1.98. The van der Waals surface area contributed by atoms with E-state index < -0.39 is 0 Å². The van der Waals surface area contributed by atoms with Crippen LogP contribution in [-0.4, -0.2) is 18.5 Å². The second-order valence-electron chi connectivity index (χ2n) is 5.14. The fraction of sp³-hybridized carbons (Fsp3) is 0.600. The number of benzene rings is 1. The van der Waals surface area contributed by atoms with Crippen molar-refractivity contribution in [3.8, 4) is 0 Å². The Bertz CT molecular complexity index is 371. The van der Waals surface area contributed by atoms with Crippen molar-refractivity contribution in [2.24, 2.45) is 0 Å². The predicted molar refractivity (Wildman–Crippen MR) is 72.7 cm³/mol. The van der Waals surface area contributed by atoms with E-state index in [-0.39, 0.29) is 0 Å². The minimum absolute atomic E-state index is 0.543. The molecule has 0 radical (unpaired) electrons. The third kappa shape index (κ3) is 2.69. The van der Waals surface area contributed by atoms with Gasteiger partial charge in [0.1, 0.15) is 0 Å². The fourth-order valence-corrected chi connectivity index (χ4v) is 4.08. The lowest BCUT2D eigenvalue weighted by molar-refractivity contribution is 0.0227. The van der Waals surface area contributed by atoms with Crippen molar-refractivity contribution in [2.75, 3.05) is 12.4 Å². The highest BCUT2D eigenvalue weighted by atomic mass is 32.2. The zero-order valence-corrected chi connectivity index (χ0v) is 11.0. The fourth-order valence-electron chi connectivity index (χ4n) is 2.85. The molecule has 0 saturated heterocycles. The first kappa shape index (κ1) is 11.6. The molecule has 1 aromatic rings. The van der Waals surface area contributed by atoms with E-state index >= 15 is 0 Å². The van der Waals surface area contributed by atoms with Crippen molar-refractivity contribution in [3.05, 3.63) is 29.8 Å². The maximum absolute atomic E-state index is 6.11. The van der Waals surface area contributed by atoms with Crippen molar-refractivity contribution in [1.82, 2.24) is 0 Å². The molecular formula is C15H20OS. The molecule has 2 heteroatoms. The molecule has 1 saturated carbocycles. The first-order chi connectivity index (χ1) is 8.43. The van der Waals surface area contributed by atoms with Crippen LogP contribution in [0.3, 0.4) is 0 Å². The van der Waals surface area contributed by atoms with Crippen LogP contribution in [0, 0.1) is 0 Å². The molecule has 1 heterocycles. The third-order valence-corrected chi connectivity index (χ3v) is 5.14. The summed E-state index contributed by atoms with van der Waals surface area (Å²) in [5.74, 6) is 1.82. The minimum atomic E-state index is 0.543. The number of ether oxygens (including phenoxy) is 1. The van der Waals surface area contributed by atoms with Crippen LogP contribution in [0.2, 0.25) is 0 Å². The van der Waals surface area contributed by atoms with Gasteiger partial charge in [-0.1, -0.05) is 37.5 Å². The van der Waals surface area contributed by atoms with Crippen molar-refractivity contribution >= 4 is 11.8 Å². The molecule has 0 bridgehead atoms. The van der Waals surface area contributed by atoms with Gasteiger partial charge in [0.2, 0.25) is 0 Å². The molecule has 0 N–H and O–H groups in total. The Kier molecular flexibility index (Phi) is 3.72. The van der Waals surface area contributed by atoms with E-state index in [1.807, 2.05) is 11.8 Å². The van der Waals surface area contributed by atoms with Crippen LogP contribution in [0.4, 0.5) is 0 Å². The van der Waals surface area contributed by atoms with Crippen LogP contribution >= 0.6 is 11.8 Å². The molecule has 1 aromatic carbocycles. The standard InChI is InChI=1S/C15H20OS/c1-2-6-13(7-3-1)16-10-12-11-17-15-9-5-4-8-14(12)15/h4-5,8-9,12-13H,1-3,6-7,10-11H2. The van der Waals surface area contributed by atoms with Gasteiger partial charge in [0.05, 0.1) is 12.7 Å². The Morgan fingerprint density at radius 3 is 2.82 bits per heavy atom. The number of thioether (sulfide) groups is 1. The van der Waals surface area contributed by atoms with E-state index in [0.717, 1.165) is 6.61 Å². The molecule has 3 rings (SSSR count). The van der Waals surface area contributed by atoms with Gasteiger partial charge in [-0.25, -0.2) is 0 Å². The van der Waals surface area contributed by atoms with Crippen molar-refractivity contribution in [2.45, 2.75) is 49.0 Å². The van der Waals surface area contributed by atoms with E-state index in [0.29, 0.717) is 12.0 Å². The zero-order valence-electron chi connectivity index (χ0n) is 10.2. The van der Waals surface area contributed by atoms with Gasteiger partial charge in [0.15, 0.2) is 0 Å². The van der Waals surface area contributed by atoms with Crippen LogP contribution < -0.4 is 0 Å².